The van der Waals surface area contributed by atoms with Crippen LogP contribution in [0.5, 0.6) is 46.5 Å². The number of rotatable bonds is 16. The van der Waals surface area contributed by atoms with Gasteiger partial charge in [0.2, 0.25) is 0 Å². The molecule has 0 fully saturated rings. The predicted molar refractivity (Wildman–Crippen MR) is 295 cm³/mol. The summed E-state index contributed by atoms with van der Waals surface area (Å²) in [4.78, 5) is 52.0. The van der Waals surface area contributed by atoms with Gasteiger partial charge in [0.1, 0.15) is 51.7 Å². The second-order valence-electron chi connectivity index (χ2n) is 15.8. The van der Waals surface area contributed by atoms with Crippen molar-refractivity contribution in [2.75, 3.05) is 69.3 Å². The van der Waals surface area contributed by atoms with Crippen LogP contribution in [0.1, 0.15) is 69.1 Å². The Morgan fingerprint density at radius 3 is 0.702 bits per heavy atom. The van der Waals surface area contributed by atoms with Crippen molar-refractivity contribution in [1.82, 2.24) is 0 Å². The monoisotopic (exact) mass is 1760 g/mol. The van der Waals surface area contributed by atoms with Crippen LogP contribution in [0.25, 0.3) is 0 Å². The van der Waals surface area contributed by atoms with E-state index in [9.17, 15) is 68.4 Å². The topological polar surface area (TPSA) is 465 Å². The largest absolute Gasteiger partial charge is 2.00 e. The first-order valence-corrected chi connectivity index (χ1v) is 32.2. The van der Waals surface area contributed by atoms with Crippen LogP contribution in [0.15, 0.2) is 65.9 Å². The molecule has 6 heterocycles. The third kappa shape index (κ3) is 23.6. The number of hydrogen-bond acceptors (Lipinski definition) is 20. The fourth-order valence-electron chi connectivity index (χ4n) is 6.02. The zero-order valence-corrected chi connectivity index (χ0v) is 61.7. The van der Waals surface area contributed by atoms with Crippen molar-refractivity contribution in [3.63, 3.8) is 0 Å². The van der Waals surface area contributed by atoms with Crippen molar-refractivity contribution in [2.24, 2.45) is 28.2 Å². The molecular weight excluding hydrogens is 1710 g/mol. The van der Waals surface area contributed by atoms with Gasteiger partial charge in [0.15, 0.2) is 24.8 Å². The first-order valence-electron chi connectivity index (χ1n) is 22.7. The molecule has 0 radical (unpaired) electrons. The van der Waals surface area contributed by atoms with E-state index in [4.69, 9.17) is 0 Å². The number of aromatic nitrogens is 4. The van der Waals surface area contributed by atoms with E-state index in [-0.39, 0.29) is 129 Å². The fraction of sp³-hybridized carbons (Fsp3) is 0.333. The van der Waals surface area contributed by atoms with Gasteiger partial charge in [0.05, 0.1) is 39.6 Å². The van der Waals surface area contributed by atoms with Crippen LogP contribution >= 0.6 is 69.7 Å². The summed E-state index contributed by atoms with van der Waals surface area (Å²) in [7, 11) is 4.40. The van der Waals surface area contributed by atoms with E-state index >= 15 is 0 Å². The van der Waals surface area contributed by atoms with Crippen molar-refractivity contribution in [3.05, 3.63) is 71.3 Å². The van der Waals surface area contributed by atoms with Gasteiger partial charge in [0, 0.05) is 155 Å². The molecule has 6 rings (SSSR count). The summed E-state index contributed by atoms with van der Waals surface area (Å²) in [5, 5.41) is 108. The number of nitrogens with zero attached hydrogens (tertiary/aromatic N) is 4. The van der Waals surface area contributed by atoms with Crippen LogP contribution in [0, 0.1) is 62.2 Å². The number of pyridine rings is 4. The van der Waals surface area contributed by atoms with E-state index < -0.39 is 91.7 Å². The average molecular weight is 1770 g/mol. The molecule has 0 atom stereocenters. The third-order valence-corrected chi connectivity index (χ3v) is 16.6. The van der Waals surface area contributed by atoms with Gasteiger partial charge in [-0.05, 0) is 46.0 Å². The normalized spacial score (nSPS) is 9.88. The molecule has 6 aromatic heterocycles. The maximum absolute atomic E-state index is 13.0. The summed E-state index contributed by atoms with van der Waals surface area (Å²) in [6, 6.07) is 5.01. The first-order chi connectivity index (χ1) is 36.7. The minimum absolute atomic E-state index is 0. The van der Waals surface area contributed by atoms with Gasteiger partial charge in [-0.3, -0.25) is 27.6 Å². The second kappa shape index (κ2) is 41.1. The molecule has 0 spiro atoms. The maximum atomic E-state index is 13.0. The predicted octanol–water partition coefficient (Wildman–Crippen LogP) is 0.354. The number of nitrogens with one attached hydrogen (secondary N) is 4. The molecule has 4 N–H and O–H groups in total. The van der Waals surface area contributed by atoms with E-state index in [2.05, 4.69) is 21.3 Å². The summed E-state index contributed by atoms with van der Waals surface area (Å²) in [5.74, 6) is -7.71. The van der Waals surface area contributed by atoms with Crippen molar-refractivity contribution < 1.29 is 171 Å². The van der Waals surface area contributed by atoms with E-state index in [0.717, 1.165) is 18.3 Å². The number of carbonyl (C=O) groups is 4. The van der Waals surface area contributed by atoms with E-state index in [0.29, 0.717) is 39.8 Å². The summed E-state index contributed by atoms with van der Waals surface area (Å²) in [6.45, 7) is 7.67. The fourth-order valence-corrected chi connectivity index (χ4v) is 13.3. The molecule has 0 saturated carbocycles. The van der Waals surface area contributed by atoms with Crippen LogP contribution in [0.2, 0.25) is 0 Å². The van der Waals surface area contributed by atoms with Gasteiger partial charge in [-0.2, -0.15) is 0 Å². The quantitative estimate of drug-likeness (QED) is 0.0750. The molecule has 0 aliphatic rings. The van der Waals surface area contributed by atoms with Crippen molar-refractivity contribution >= 4 is 138 Å². The van der Waals surface area contributed by atoms with Crippen LogP contribution in [-0.2, 0) is 71.7 Å². The molecule has 464 valence electrons. The van der Waals surface area contributed by atoms with Gasteiger partial charge in [-0.1, -0.05) is 27.7 Å². The standard InChI is InChI=1S/2C22H24N4O6S3.2C2H6OS.4O.2U/c2*1-5-33-21-13(23-17(29)11-7-9-25(3)19(31)15(11)27)14(22(35-21)34-6-2)24-18(30)12-8-10-26(4)20(32)16(12)28;2*1-4(2)3;;;;;;/h2*7-10H,5-6H2,1-4H3,(H4,23,24,27,28,29,30);2*1-2H3;;;;;;/q;;;;4*-2;;/p-4. The van der Waals surface area contributed by atoms with Gasteiger partial charge in [0.25, 0.3) is 23.6 Å². The molecule has 6 aromatic rings. The number of carbonyl (C=O) groups excluding carboxylic acids is 4. The van der Waals surface area contributed by atoms with Crippen molar-refractivity contribution in [3.8, 4) is 46.5 Å². The van der Waals surface area contributed by atoms with E-state index in [1.165, 1.54) is 147 Å². The Balaban J connectivity index is -0.000000634. The molecule has 26 nitrogen and oxygen atoms in total. The molecule has 0 unspecified atom stereocenters. The summed E-state index contributed by atoms with van der Waals surface area (Å²) in [6.07, 6.45) is 11.8. The molecule has 0 bridgehead atoms. The summed E-state index contributed by atoms with van der Waals surface area (Å²) >= 11 is 8.36. The molecule has 36 heteroatoms. The van der Waals surface area contributed by atoms with Crippen molar-refractivity contribution in [1.29, 1.82) is 0 Å². The molecule has 0 saturated heterocycles. The number of thioether (sulfide) groups is 4. The number of hydrogen-bond donors (Lipinski definition) is 4. The average Bonchev–Trinajstić information content (AvgIpc) is 3.84. The number of anilines is 4. The SMILES string of the molecule is CCSc1sc(SCC)c(NC(=O)c2cc[n+](C)c([O-])c2[O-])c1NC(=O)c1cc[n+](C)c([O-])c1[O-].CCSc1sc(SCC)c(NC(=O)c2cc[n+](C)c([O-])c2[O-])c1NC(=O)c1cc[n+](C)c([O-])c1[O-].CS(C)=O.CS(C)=O.[O-2].[O-2].[O-2].[O-2].[U].[U]. The minimum Gasteiger partial charge on any atom is -2.00 e. The Labute approximate surface area is 562 Å². The number of thiophene rings is 2. The Morgan fingerprint density at radius 1 is 0.405 bits per heavy atom. The van der Waals surface area contributed by atoms with Crippen LogP contribution in [0.3, 0.4) is 0 Å². The van der Waals surface area contributed by atoms with Crippen LogP contribution in [-0.4, -0.2) is 80.1 Å². The van der Waals surface area contributed by atoms with Crippen LogP contribution < -0.4 is 80.4 Å². The molecule has 4 amide bonds. The van der Waals surface area contributed by atoms with E-state index in [1.54, 1.807) is 25.0 Å². The molecule has 84 heavy (non-hydrogen) atoms. The minimum atomic E-state index is -0.947. The summed E-state index contributed by atoms with van der Waals surface area (Å²) < 4.78 is 26.1. The summed E-state index contributed by atoms with van der Waals surface area (Å²) in [5.41, 5.74) is -0.298. The van der Waals surface area contributed by atoms with Gasteiger partial charge < -0.3 is 84.0 Å². The van der Waals surface area contributed by atoms with Crippen LogP contribution in [0.4, 0.5) is 22.7 Å². The maximum Gasteiger partial charge on any atom is 0.255 e. The Hall–Kier alpha value is -4.08. The number of amides is 4. The number of aryl methyl sites for hydroxylation is 4. The van der Waals surface area contributed by atoms with Crippen molar-refractivity contribution in [2.45, 2.75) is 44.5 Å². The Bertz CT molecular complexity index is 2820. The van der Waals surface area contributed by atoms with Gasteiger partial charge >= 0.3 is 0 Å². The molecular formula is C48H56N8O18S8U2-12. The molecule has 0 aliphatic heterocycles. The molecule has 0 aliphatic carbocycles. The zero-order chi connectivity index (χ0) is 58.9. The zero-order valence-electron chi connectivity index (χ0n) is 46.9. The first kappa shape index (κ1) is 86.4. The van der Waals surface area contributed by atoms with Gasteiger partial charge in [-0.15, -0.1) is 69.7 Å². The molecule has 0 aromatic carbocycles. The van der Waals surface area contributed by atoms with Gasteiger partial charge in [-0.25, -0.2) is 18.3 Å². The Kier molecular flexibility index (Phi) is 42.3. The Morgan fingerprint density at radius 2 is 0.560 bits per heavy atom. The third-order valence-electron chi connectivity index (χ3n) is 9.62. The second-order valence-corrected chi connectivity index (χ2v) is 26.9. The smallest absolute Gasteiger partial charge is 0.255 e. The van der Waals surface area contributed by atoms with E-state index in [1.807, 2.05) is 27.7 Å².